The van der Waals surface area contributed by atoms with Gasteiger partial charge in [0, 0.05) is 30.9 Å². The van der Waals surface area contributed by atoms with Crippen LogP contribution in [0.1, 0.15) is 51.3 Å². The summed E-state index contributed by atoms with van der Waals surface area (Å²) in [6.45, 7) is 5.59. The van der Waals surface area contributed by atoms with Gasteiger partial charge in [0.2, 0.25) is 0 Å². The van der Waals surface area contributed by atoms with Gasteiger partial charge in [0.1, 0.15) is 5.82 Å². The van der Waals surface area contributed by atoms with Crippen molar-refractivity contribution in [1.29, 1.82) is 0 Å². The summed E-state index contributed by atoms with van der Waals surface area (Å²) >= 11 is 0. The van der Waals surface area contributed by atoms with Gasteiger partial charge in [-0.15, -0.1) is 0 Å². The van der Waals surface area contributed by atoms with Crippen LogP contribution in [0.25, 0.3) is 0 Å². The Morgan fingerprint density at radius 3 is 3.06 bits per heavy atom. The standard InChI is InChI=1S/C13H23N3/c1-3-7-16-8-6-15-13(16)11-9-10(2)4-5-12(11)14/h6,8,10-12H,3-5,7,9,14H2,1-2H3. The number of aromatic nitrogens is 2. The summed E-state index contributed by atoms with van der Waals surface area (Å²) in [4.78, 5) is 4.53. The van der Waals surface area contributed by atoms with E-state index in [1.165, 1.54) is 18.7 Å². The Morgan fingerprint density at radius 2 is 2.31 bits per heavy atom. The number of aryl methyl sites for hydroxylation is 1. The highest BCUT2D eigenvalue weighted by Gasteiger charge is 2.29. The van der Waals surface area contributed by atoms with Gasteiger partial charge in [0.05, 0.1) is 0 Å². The van der Waals surface area contributed by atoms with E-state index in [0.29, 0.717) is 12.0 Å². The monoisotopic (exact) mass is 221 g/mol. The number of hydrogen-bond acceptors (Lipinski definition) is 2. The molecule has 0 spiro atoms. The van der Waals surface area contributed by atoms with E-state index in [1.807, 2.05) is 6.20 Å². The van der Waals surface area contributed by atoms with Gasteiger partial charge in [-0.1, -0.05) is 13.8 Å². The van der Waals surface area contributed by atoms with Gasteiger partial charge in [-0.05, 0) is 31.6 Å². The van der Waals surface area contributed by atoms with E-state index in [4.69, 9.17) is 5.73 Å². The average Bonchev–Trinajstić information content (AvgIpc) is 2.70. The highest BCUT2D eigenvalue weighted by Crippen LogP contribution is 2.34. The van der Waals surface area contributed by atoms with Crippen LogP contribution in [0.2, 0.25) is 0 Å². The van der Waals surface area contributed by atoms with E-state index in [2.05, 4.69) is 29.6 Å². The van der Waals surface area contributed by atoms with Crippen molar-refractivity contribution in [3.63, 3.8) is 0 Å². The van der Waals surface area contributed by atoms with Crippen molar-refractivity contribution in [3.8, 4) is 0 Å². The molecule has 1 aromatic rings. The second-order valence-electron chi connectivity index (χ2n) is 5.17. The maximum atomic E-state index is 6.24. The van der Waals surface area contributed by atoms with Crippen LogP contribution in [0.4, 0.5) is 0 Å². The summed E-state index contributed by atoms with van der Waals surface area (Å²) in [7, 11) is 0. The first-order chi connectivity index (χ1) is 7.72. The predicted octanol–water partition coefficient (Wildman–Crippen LogP) is 2.52. The molecule has 1 fully saturated rings. The van der Waals surface area contributed by atoms with Gasteiger partial charge in [-0.25, -0.2) is 4.98 Å². The zero-order chi connectivity index (χ0) is 11.5. The molecular weight excluding hydrogens is 198 g/mol. The molecule has 0 aromatic carbocycles. The van der Waals surface area contributed by atoms with Crippen molar-refractivity contribution >= 4 is 0 Å². The van der Waals surface area contributed by atoms with Crippen molar-refractivity contribution in [1.82, 2.24) is 9.55 Å². The number of rotatable bonds is 3. The highest BCUT2D eigenvalue weighted by atomic mass is 15.1. The number of nitrogens with two attached hydrogens (primary N) is 1. The molecule has 3 unspecified atom stereocenters. The third kappa shape index (κ3) is 2.29. The molecule has 0 radical (unpaired) electrons. The zero-order valence-electron chi connectivity index (χ0n) is 10.4. The minimum atomic E-state index is 0.300. The largest absolute Gasteiger partial charge is 0.335 e. The summed E-state index contributed by atoms with van der Waals surface area (Å²) in [5, 5.41) is 0. The van der Waals surface area contributed by atoms with Gasteiger partial charge in [0.15, 0.2) is 0 Å². The fourth-order valence-electron chi connectivity index (χ4n) is 2.78. The van der Waals surface area contributed by atoms with Crippen molar-refractivity contribution < 1.29 is 0 Å². The second-order valence-corrected chi connectivity index (χ2v) is 5.17. The Kier molecular flexibility index (Phi) is 3.64. The Balaban J connectivity index is 2.17. The molecule has 1 heterocycles. The maximum Gasteiger partial charge on any atom is 0.113 e. The minimum absolute atomic E-state index is 0.300. The second kappa shape index (κ2) is 5.00. The van der Waals surface area contributed by atoms with Crippen molar-refractivity contribution in [2.24, 2.45) is 11.7 Å². The summed E-state index contributed by atoms with van der Waals surface area (Å²) in [5.41, 5.74) is 6.24. The molecule has 3 atom stereocenters. The van der Waals surface area contributed by atoms with Crippen LogP contribution in [0.5, 0.6) is 0 Å². The lowest BCUT2D eigenvalue weighted by molar-refractivity contribution is 0.292. The molecular formula is C13H23N3. The fourth-order valence-corrected chi connectivity index (χ4v) is 2.78. The summed E-state index contributed by atoms with van der Waals surface area (Å²) in [6.07, 6.45) is 8.77. The first-order valence-corrected chi connectivity index (χ1v) is 6.49. The minimum Gasteiger partial charge on any atom is -0.335 e. The van der Waals surface area contributed by atoms with E-state index < -0.39 is 0 Å². The molecule has 1 aromatic heterocycles. The third-order valence-corrected chi connectivity index (χ3v) is 3.71. The van der Waals surface area contributed by atoms with Crippen LogP contribution >= 0.6 is 0 Å². The van der Waals surface area contributed by atoms with Crippen LogP contribution in [0.15, 0.2) is 12.4 Å². The van der Waals surface area contributed by atoms with E-state index >= 15 is 0 Å². The van der Waals surface area contributed by atoms with Gasteiger partial charge < -0.3 is 10.3 Å². The zero-order valence-corrected chi connectivity index (χ0v) is 10.4. The van der Waals surface area contributed by atoms with Gasteiger partial charge in [-0.3, -0.25) is 0 Å². The summed E-state index contributed by atoms with van der Waals surface area (Å²) in [5.74, 6) is 2.46. The Hall–Kier alpha value is -0.830. The molecule has 3 heteroatoms. The highest BCUT2D eigenvalue weighted by molar-refractivity contribution is 5.06. The molecule has 0 saturated heterocycles. The Bertz CT molecular complexity index is 332. The van der Waals surface area contributed by atoms with Gasteiger partial charge in [-0.2, -0.15) is 0 Å². The first kappa shape index (κ1) is 11.6. The van der Waals surface area contributed by atoms with Crippen LogP contribution in [0.3, 0.4) is 0 Å². The number of imidazole rings is 1. The lowest BCUT2D eigenvalue weighted by Crippen LogP contribution is -2.35. The average molecular weight is 221 g/mol. The topological polar surface area (TPSA) is 43.8 Å². The molecule has 1 saturated carbocycles. The molecule has 3 nitrogen and oxygen atoms in total. The molecule has 0 bridgehead atoms. The van der Waals surface area contributed by atoms with Crippen molar-refractivity contribution in [3.05, 3.63) is 18.2 Å². The molecule has 2 rings (SSSR count). The van der Waals surface area contributed by atoms with E-state index in [9.17, 15) is 0 Å². The summed E-state index contributed by atoms with van der Waals surface area (Å²) < 4.78 is 2.28. The van der Waals surface area contributed by atoms with Crippen LogP contribution < -0.4 is 5.73 Å². The Labute approximate surface area is 98.1 Å². The first-order valence-electron chi connectivity index (χ1n) is 6.49. The van der Waals surface area contributed by atoms with Crippen molar-refractivity contribution in [2.45, 2.75) is 58.0 Å². The van der Waals surface area contributed by atoms with E-state index in [1.54, 1.807) is 0 Å². The Morgan fingerprint density at radius 1 is 1.50 bits per heavy atom. The normalized spacial score (nSPS) is 30.6. The smallest absolute Gasteiger partial charge is 0.113 e. The predicted molar refractivity (Wildman–Crippen MR) is 66.2 cm³/mol. The van der Waals surface area contributed by atoms with E-state index in [-0.39, 0.29) is 0 Å². The number of nitrogens with zero attached hydrogens (tertiary/aromatic N) is 2. The fraction of sp³-hybridized carbons (Fsp3) is 0.769. The lowest BCUT2D eigenvalue weighted by atomic mass is 9.78. The molecule has 2 N–H and O–H groups in total. The molecule has 0 aliphatic heterocycles. The van der Waals surface area contributed by atoms with Gasteiger partial charge >= 0.3 is 0 Å². The quantitative estimate of drug-likeness (QED) is 0.852. The third-order valence-electron chi connectivity index (χ3n) is 3.71. The van der Waals surface area contributed by atoms with Crippen LogP contribution in [-0.2, 0) is 6.54 Å². The molecule has 1 aliphatic carbocycles. The SMILES string of the molecule is CCCn1ccnc1C1CC(C)CCC1N. The molecule has 0 amide bonds. The van der Waals surface area contributed by atoms with Gasteiger partial charge in [0.25, 0.3) is 0 Å². The van der Waals surface area contributed by atoms with E-state index in [0.717, 1.165) is 25.3 Å². The molecule has 1 aliphatic rings. The molecule has 16 heavy (non-hydrogen) atoms. The van der Waals surface area contributed by atoms with Crippen molar-refractivity contribution in [2.75, 3.05) is 0 Å². The summed E-state index contributed by atoms with van der Waals surface area (Å²) in [6, 6.07) is 0.300. The lowest BCUT2D eigenvalue weighted by Gasteiger charge is -2.32. The maximum absolute atomic E-state index is 6.24. The molecule has 90 valence electrons. The van der Waals surface area contributed by atoms with Crippen LogP contribution in [-0.4, -0.2) is 15.6 Å². The van der Waals surface area contributed by atoms with Crippen LogP contribution in [0, 0.1) is 5.92 Å². The number of hydrogen-bond donors (Lipinski definition) is 1.